The summed E-state index contributed by atoms with van der Waals surface area (Å²) in [7, 11) is 2.05. The van der Waals surface area contributed by atoms with E-state index in [0.29, 0.717) is 17.5 Å². The van der Waals surface area contributed by atoms with Gasteiger partial charge in [-0.15, -0.1) is 0 Å². The van der Waals surface area contributed by atoms with Crippen LogP contribution in [0, 0.1) is 11.7 Å². The van der Waals surface area contributed by atoms with Crippen LogP contribution in [0.5, 0.6) is 0 Å². The van der Waals surface area contributed by atoms with E-state index in [0.717, 1.165) is 37.6 Å². The van der Waals surface area contributed by atoms with Crippen LogP contribution in [0.3, 0.4) is 0 Å². The van der Waals surface area contributed by atoms with E-state index < -0.39 is 5.82 Å². The first-order valence-electron chi connectivity index (χ1n) is 11.5. The number of rotatable bonds is 8. The molecule has 1 heterocycles. The number of aliphatic imine (C=N–C) groups is 1. The van der Waals surface area contributed by atoms with Gasteiger partial charge < -0.3 is 15.1 Å². The molecule has 2 fully saturated rings. The fourth-order valence-electron chi connectivity index (χ4n) is 3.54. The van der Waals surface area contributed by atoms with E-state index >= 15 is 0 Å². The second-order valence-electron chi connectivity index (χ2n) is 8.31. The van der Waals surface area contributed by atoms with E-state index in [1.165, 1.54) is 64.1 Å². The molecule has 0 bridgehead atoms. The van der Waals surface area contributed by atoms with Crippen molar-refractivity contribution in [2.75, 3.05) is 46.3 Å². The molecule has 0 amide bonds. The fraction of sp³-hybridized carbons (Fsp3) is 0.667. The molecule has 6 heteroatoms. The monoisotopic (exact) mass is 418 g/mol. The van der Waals surface area contributed by atoms with E-state index in [-0.39, 0.29) is 0 Å². The first-order valence-corrected chi connectivity index (χ1v) is 11.5. The Balaban J connectivity index is 0.000000297. The van der Waals surface area contributed by atoms with Crippen LogP contribution in [-0.2, 0) is 0 Å². The summed E-state index contributed by atoms with van der Waals surface area (Å²) in [4.78, 5) is 20.4. The molecule has 1 aromatic rings. The highest BCUT2D eigenvalue weighted by Crippen LogP contribution is 2.30. The standard InChI is InChI=1S/C17H23FN2O.C7H16N2/c1-3-4-5-17(20(2)11-13-6-7-13)19-16-9-8-15(18)10-14(16)12-21;1-2-9-6-3-4-8-5-7-9/h8-10,12-13H,3-7,11H2,1-2H3;8H,2-7H2,1H3. The highest BCUT2D eigenvalue weighted by molar-refractivity contribution is 5.89. The number of halogens is 1. The molecule has 0 spiro atoms. The zero-order valence-corrected chi connectivity index (χ0v) is 19.0. The summed E-state index contributed by atoms with van der Waals surface area (Å²) >= 11 is 0. The van der Waals surface area contributed by atoms with Crippen molar-refractivity contribution in [1.82, 2.24) is 15.1 Å². The highest BCUT2D eigenvalue weighted by atomic mass is 19.1. The normalized spacial score (nSPS) is 17.7. The minimum atomic E-state index is -0.405. The Labute approximate surface area is 181 Å². The van der Waals surface area contributed by atoms with E-state index in [4.69, 9.17) is 0 Å². The van der Waals surface area contributed by atoms with Crippen molar-refractivity contribution in [3.63, 3.8) is 0 Å². The van der Waals surface area contributed by atoms with Gasteiger partial charge in [-0.05, 0) is 69.4 Å². The van der Waals surface area contributed by atoms with Gasteiger partial charge in [0, 0.05) is 38.7 Å². The van der Waals surface area contributed by atoms with E-state index in [1.54, 1.807) is 6.07 Å². The Kier molecular flexibility index (Phi) is 11.0. The Morgan fingerprint density at radius 3 is 2.77 bits per heavy atom. The van der Waals surface area contributed by atoms with Crippen LogP contribution in [0.2, 0.25) is 0 Å². The van der Waals surface area contributed by atoms with Gasteiger partial charge in [-0.25, -0.2) is 9.38 Å². The minimum Gasteiger partial charge on any atom is -0.363 e. The number of unbranched alkanes of at least 4 members (excludes halogenated alkanes) is 1. The van der Waals surface area contributed by atoms with Gasteiger partial charge in [-0.1, -0.05) is 20.3 Å². The van der Waals surface area contributed by atoms with Crippen molar-refractivity contribution >= 4 is 17.8 Å². The summed E-state index contributed by atoms with van der Waals surface area (Å²) in [6.45, 7) is 11.5. The van der Waals surface area contributed by atoms with Crippen molar-refractivity contribution in [3.8, 4) is 0 Å². The van der Waals surface area contributed by atoms with Gasteiger partial charge in [0.1, 0.15) is 11.7 Å². The largest absolute Gasteiger partial charge is 0.363 e. The smallest absolute Gasteiger partial charge is 0.152 e. The van der Waals surface area contributed by atoms with Crippen LogP contribution >= 0.6 is 0 Å². The number of hydrogen-bond acceptors (Lipinski definition) is 4. The molecule has 5 nitrogen and oxygen atoms in total. The summed E-state index contributed by atoms with van der Waals surface area (Å²) in [5.74, 6) is 1.36. The van der Waals surface area contributed by atoms with Gasteiger partial charge in [0.15, 0.2) is 6.29 Å². The Hall–Kier alpha value is -1.79. The lowest BCUT2D eigenvalue weighted by Crippen LogP contribution is -2.28. The lowest BCUT2D eigenvalue weighted by atomic mass is 10.2. The van der Waals surface area contributed by atoms with E-state index in [2.05, 4.69) is 41.0 Å². The predicted octanol–water partition coefficient (Wildman–Crippen LogP) is 4.50. The van der Waals surface area contributed by atoms with Crippen molar-refractivity contribution in [1.29, 1.82) is 0 Å². The molecule has 30 heavy (non-hydrogen) atoms. The van der Waals surface area contributed by atoms with Gasteiger partial charge in [0.25, 0.3) is 0 Å². The number of hydrogen-bond donors (Lipinski definition) is 1. The fourth-order valence-corrected chi connectivity index (χ4v) is 3.54. The zero-order valence-electron chi connectivity index (χ0n) is 19.0. The number of nitrogens with zero attached hydrogens (tertiary/aromatic N) is 3. The summed E-state index contributed by atoms with van der Waals surface area (Å²) in [6.07, 6.45) is 7.61. The van der Waals surface area contributed by atoms with Gasteiger partial charge in [0.2, 0.25) is 0 Å². The van der Waals surface area contributed by atoms with E-state index in [9.17, 15) is 9.18 Å². The van der Waals surface area contributed by atoms with Gasteiger partial charge >= 0.3 is 0 Å². The number of carbonyl (C=O) groups excluding carboxylic acids is 1. The van der Waals surface area contributed by atoms with Crippen molar-refractivity contribution < 1.29 is 9.18 Å². The van der Waals surface area contributed by atoms with Gasteiger partial charge in [0.05, 0.1) is 5.69 Å². The molecule has 168 valence electrons. The molecular weight excluding hydrogens is 379 g/mol. The Morgan fingerprint density at radius 2 is 2.10 bits per heavy atom. The molecule has 1 saturated carbocycles. The molecule has 0 aromatic heterocycles. The molecule has 2 aliphatic rings. The zero-order chi connectivity index (χ0) is 21.8. The number of nitrogens with one attached hydrogen (secondary N) is 1. The predicted molar refractivity (Wildman–Crippen MR) is 123 cm³/mol. The van der Waals surface area contributed by atoms with E-state index in [1.807, 2.05) is 0 Å². The summed E-state index contributed by atoms with van der Waals surface area (Å²) in [5, 5.41) is 3.37. The minimum absolute atomic E-state index is 0.309. The molecule has 1 saturated heterocycles. The van der Waals surface area contributed by atoms with Crippen LogP contribution < -0.4 is 5.32 Å². The number of amidine groups is 1. The third-order valence-electron chi connectivity index (χ3n) is 5.67. The number of aldehydes is 1. The van der Waals surface area contributed by atoms with Crippen LogP contribution in [-0.4, -0.2) is 68.2 Å². The molecule has 1 aliphatic heterocycles. The quantitative estimate of drug-likeness (QED) is 0.384. The van der Waals surface area contributed by atoms with Crippen LogP contribution in [0.25, 0.3) is 0 Å². The maximum absolute atomic E-state index is 13.2. The van der Waals surface area contributed by atoms with Crippen LogP contribution in [0.15, 0.2) is 23.2 Å². The number of benzene rings is 1. The third kappa shape index (κ3) is 8.92. The molecule has 1 aromatic carbocycles. The first-order chi connectivity index (χ1) is 14.6. The van der Waals surface area contributed by atoms with Crippen LogP contribution in [0.4, 0.5) is 10.1 Å². The lowest BCUT2D eigenvalue weighted by molar-refractivity contribution is 0.112. The molecule has 3 rings (SSSR count). The average molecular weight is 419 g/mol. The van der Waals surface area contributed by atoms with Crippen LogP contribution in [0.1, 0.15) is 62.7 Å². The summed E-state index contributed by atoms with van der Waals surface area (Å²) in [6, 6.07) is 4.17. The maximum Gasteiger partial charge on any atom is 0.152 e. The first kappa shape index (κ1) is 24.5. The number of likely N-dealkylation sites (N-methyl/N-ethyl adjacent to an activating group) is 1. The average Bonchev–Trinajstić information content (AvgIpc) is 3.59. The molecule has 0 unspecified atom stereocenters. The molecule has 1 N–H and O–H groups in total. The van der Waals surface area contributed by atoms with Gasteiger partial charge in [-0.3, -0.25) is 4.79 Å². The van der Waals surface area contributed by atoms with Crippen molar-refractivity contribution in [2.45, 2.75) is 52.4 Å². The SMILES string of the molecule is CCCCC(=Nc1ccc(F)cc1C=O)N(C)CC1CC1.CCN1CCCNCC1. The highest BCUT2D eigenvalue weighted by Gasteiger charge is 2.24. The molecule has 1 aliphatic carbocycles. The molecule has 0 radical (unpaired) electrons. The van der Waals surface area contributed by atoms with Gasteiger partial charge in [-0.2, -0.15) is 0 Å². The summed E-state index contributed by atoms with van der Waals surface area (Å²) < 4.78 is 13.2. The number of carbonyl (C=O) groups is 1. The van der Waals surface area contributed by atoms with Crippen molar-refractivity contribution in [2.24, 2.45) is 10.9 Å². The second-order valence-corrected chi connectivity index (χ2v) is 8.31. The third-order valence-corrected chi connectivity index (χ3v) is 5.67. The maximum atomic E-state index is 13.2. The Morgan fingerprint density at radius 1 is 1.30 bits per heavy atom. The molecule has 0 atom stereocenters. The lowest BCUT2D eigenvalue weighted by Gasteiger charge is -2.21. The van der Waals surface area contributed by atoms with Crippen molar-refractivity contribution in [3.05, 3.63) is 29.6 Å². The second kappa shape index (κ2) is 13.5. The Bertz CT molecular complexity index is 667. The molecular formula is C24H39FN4O. The summed E-state index contributed by atoms with van der Waals surface area (Å²) in [5.41, 5.74) is 0.865. The topological polar surface area (TPSA) is 47.9 Å².